The maximum Gasteiger partial charge on any atom is 0.331 e. The fourth-order valence-electron chi connectivity index (χ4n) is 0.447. The van der Waals surface area contributed by atoms with Crippen LogP contribution in [0, 0.1) is 0 Å². The third-order valence-corrected chi connectivity index (χ3v) is 3.15. The van der Waals surface area contributed by atoms with Crippen LogP contribution in [0.1, 0.15) is 6.42 Å². The molecule has 0 aromatic carbocycles. The summed E-state index contributed by atoms with van der Waals surface area (Å²) in [4.78, 5) is 0. The standard InChI is InChI=1S/C7H16O2Si/c1-5-6-7-9-10(3,4)8-2/h5H,1,6-7H2,2-4H3. The predicted octanol–water partition coefficient (Wildman–Crippen LogP) is 1.93. The Hall–Kier alpha value is -0.123. The van der Waals surface area contributed by atoms with Crippen LogP contribution >= 0.6 is 0 Å². The normalized spacial score (nSPS) is 11.5. The zero-order chi connectivity index (χ0) is 8.04. The van der Waals surface area contributed by atoms with Crippen molar-refractivity contribution >= 4 is 8.56 Å². The van der Waals surface area contributed by atoms with E-state index in [-0.39, 0.29) is 0 Å². The molecule has 0 rings (SSSR count). The third kappa shape index (κ3) is 4.73. The van der Waals surface area contributed by atoms with Gasteiger partial charge in [-0.15, -0.1) is 6.58 Å². The van der Waals surface area contributed by atoms with Gasteiger partial charge in [-0.2, -0.15) is 0 Å². The van der Waals surface area contributed by atoms with Crippen LogP contribution in [-0.4, -0.2) is 22.3 Å². The van der Waals surface area contributed by atoms with Crippen LogP contribution in [0.5, 0.6) is 0 Å². The van der Waals surface area contributed by atoms with Crippen molar-refractivity contribution in [1.29, 1.82) is 0 Å². The minimum absolute atomic E-state index is 0.733. The first kappa shape index (κ1) is 9.88. The molecule has 2 nitrogen and oxygen atoms in total. The highest BCUT2D eigenvalue weighted by atomic mass is 28.4. The van der Waals surface area contributed by atoms with Crippen molar-refractivity contribution in [3.8, 4) is 0 Å². The molecule has 0 saturated heterocycles. The van der Waals surface area contributed by atoms with Gasteiger partial charge in [0.05, 0.1) is 0 Å². The van der Waals surface area contributed by atoms with Gasteiger partial charge in [0, 0.05) is 13.7 Å². The Morgan fingerprint density at radius 2 is 2.10 bits per heavy atom. The maximum absolute atomic E-state index is 5.46. The van der Waals surface area contributed by atoms with E-state index in [1.165, 1.54) is 0 Å². The van der Waals surface area contributed by atoms with E-state index in [1.54, 1.807) is 7.11 Å². The summed E-state index contributed by atoms with van der Waals surface area (Å²) in [5.74, 6) is 0. The van der Waals surface area contributed by atoms with Crippen molar-refractivity contribution in [3.05, 3.63) is 12.7 Å². The summed E-state index contributed by atoms with van der Waals surface area (Å²) in [6.45, 7) is 8.38. The first-order valence-electron chi connectivity index (χ1n) is 3.42. The second kappa shape index (κ2) is 4.66. The molecule has 60 valence electrons. The summed E-state index contributed by atoms with van der Waals surface area (Å²) in [6.07, 6.45) is 2.75. The van der Waals surface area contributed by atoms with Gasteiger partial charge in [-0.1, -0.05) is 6.08 Å². The first-order valence-corrected chi connectivity index (χ1v) is 6.24. The van der Waals surface area contributed by atoms with Gasteiger partial charge in [0.1, 0.15) is 0 Å². The Morgan fingerprint density at radius 1 is 1.50 bits per heavy atom. The van der Waals surface area contributed by atoms with Crippen molar-refractivity contribution < 1.29 is 8.85 Å². The van der Waals surface area contributed by atoms with Gasteiger partial charge in [-0.3, -0.25) is 0 Å². The fourth-order valence-corrected chi connectivity index (χ4v) is 1.17. The van der Waals surface area contributed by atoms with Crippen LogP contribution in [0.2, 0.25) is 13.1 Å². The van der Waals surface area contributed by atoms with Crippen molar-refractivity contribution in [2.75, 3.05) is 13.7 Å². The van der Waals surface area contributed by atoms with E-state index in [0.29, 0.717) is 0 Å². The Bertz CT molecular complexity index is 102. The Balaban J connectivity index is 3.36. The zero-order valence-electron chi connectivity index (χ0n) is 7.02. The van der Waals surface area contributed by atoms with E-state index in [2.05, 4.69) is 6.58 Å². The quantitative estimate of drug-likeness (QED) is 0.347. The molecule has 10 heavy (non-hydrogen) atoms. The fraction of sp³-hybridized carbons (Fsp3) is 0.714. The molecule has 0 bridgehead atoms. The number of hydrogen-bond donors (Lipinski definition) is 0. The average molecular weight is 160 g/mol. The van der Waals surface area contributed by atoms with Gasteiger partial charge in [-0.25, -0.2) is 0 Å². The summed E-state index contributed by atoms with van der Waals surface area (Å²) < 4.78 is 10.6. The molecule has 0 heterocycles. The highest BCUT2D eigenvalue weighted by molar-refractivity contribution is 6.64. The van der Waals surface area contributed by atoms with Gasteiger partial charge in [0.15, 0.2) is 0 Å². The van der Waals surface area contributed by atoms with E-state index in [4.69, 9.17) is 8.85 Å². The van der Waals surface area contributed by atoms with Crippen LogP contribution in [0.25, 0.3) is 0 Å². The second-order valence-electron chi connectivity index (χ2n) is 2.53. The van der Waals surface area contributed by atoms with E-state index in [0.717, 1.165) is 13.0 Å². The Kier molecular flexibility index (Phi) is 4.60. The van der Waals surface area contributed by atoms with Gasteiger partial charge < -0.3 is 8.85 Å². The highest BCUT2D eigenvalue weighted by Crippen LogP contribution is 2.04. The molecular formula is C7H16O2Si. The van der Waals surface area contributed by atoms with Gasteiger partial charge >= 0.3 is 8.56 Å². The summed E-state index contributed by atoms with van der Waals surface area (Å²) in [6, 6.07) is 0. The first-order chi connectivity index (χ1) is 4.62. The predicted molar refractivity (Wildman–Crippen MR) is 45.3 cm³/mol. The molecule has 0 aromatic rings. The van der Waals surface area contributed by atoms with Crippen molar-refractivity contribution in [2.24, 2.45) is 0 Å². The maximum atomic E-state index is 5.46. The van der Waals surface area contributed by atoms with Crippen molar-refractivity contribution in [2.45, 2.75) is 19.5 Å². The summed E-state index contributed by atoms with van der Waals surface area (Å²) in [5.41, 5.74) is 0. The van der Waals surface area contributed by atoms with Crippen LogP contribution in [0.4, 0.5) is 0 Å². The molecule has 0 saturated carbocycles. The highest BCUT2D eigenvalue weighted by Gasteiger charge is 2.21. The molecule has 0 amide bonds. The SMILES string of the molecule is C=CCCO[Si](C)(C)OC. The van der Waals surface area contributed by atoms with Gasteiger partial charge in [-0.05, 0) is 19.5 Å². The zero-order valence-corrected chi connectivity index (χ0v) is 8.02. The molecule has 0 unspecified atom stereocenters. The lowest BCUT2D eigenvalue weighted by Gasteiger charge is -2.19. The molecule has 0 aliphatic carbocycles. The van der Waals surface area contributed by atoms with E-state index < -0.39 is 8.56 Å². The van der Waals surface area contributed by atoms with Crippen LogP contribution in [0.15, 0.2) is 12.7 Å². The lowest BCUT2D eigenvalue weighted by Crippen LogP contribution is -2.33. The summed E-state index contributed by atoms with van der Waals surface area (Å²) >= 11 is 0. The summed E-state index contributed by atoms with van der Waals surface area (Å²) in [5, 5.41) is 0. The van der Waals surface area contributed by atoms with E-state index in [1.807, 2.05) is 19.2 Å². The molecule has 0 fully saturated rings. The van der Waals surface area contributed by atoms with Crippen LogP contribution in [0.3, 0.4) is 0 Å². The van der Waals surface area contributed by atoms with Crippen molar-refractivity contribution in [1.82, 2.24) is 0 Å². The monoisotopic (exact) mass is 160 g/mol. The van der Waals surface area contributed by atoms with Gasteiger partial charge in [0.2, 0.25) is 0 Å². The lowest BCUT2D eigenvalue weighted by atomic mass is 10.5. The molecule has 0 atom stereocenters. The molecule has 0 spiro atoms. The molecule has 0 radical (unpaired) electrons. The Labute approximate surface area is 64.1 Å². The van der Waals surface area contributed by atoms with Crippen molar-refractivity contribution in [3.63, 3.8) is 0 Å². The van der Waals surface area contributed by atoms with Crippen LogP contribution < -0.4 is 0 Å². The topological polar surface area (TPSA) is 18.5 Å². The molecular weight excluding hydrogens is 144 g/mol. The minimum atomic E-state index is -1.76. The summed E-state index contributed by atoms with van der Waals surface area (Å²) in [7, 11) is -0.0677. The Morgan fingerprint density at radius 3 is 2.50 bits per heavy atom. The second-order valence-corrected chi connectivity index (χ2v) is 6.03. The minimum Gasteiger partial charge on any atom is -0.398 e. The largest absolute Gasteiger partial charge is 0.398 e. The third-order valence-electron chi connectivity index (χ3n) is 1.26. The molecule has 3 heteroatoms. The molecule has 0 aliphatic rings. The smallest absolute Gasteiger partial charge is 0.331 e. The van der Waals surface area contributed by atoms with E-state index in [9.17, 15) is 0 Å². The molecule has 0 aromatic heterocycles. The number of hydrogen-bond acceptors (Lipinski definition) is 2. The van der Waals surface area contributed by atoms with E-state index >= 15 is 0 Å². The lowest BCUT2D eigenvalue weighted by molar-refractivity contribution is 0.215. The molecule has 0 aliphatic heterocycles. The van der Waals surface area contributed by atoms with Gasteiger partial charge in [0.25, 0.3) is 0 Å². The molecule has 0 N–H and O–H groups in total. The van der Waals surface area contributed by atoms with Crippen LogP contribution in [-0.2, 0) is 8.85 Å². The average Bonchev–Trinajstić information content (AvgIpc) is 1.89. The number of rotatable bonds is 5.